The third-order valence-electron chi connectivity index (χ3n) is 3.60. The van der Waals surface area contributed by atoms with Gasteiger partial charge in [0.25, 0.3) is 0 Å². The van der Waals surface area contributed by atoms with Crippen LogP contribution in [0.25, 0.3) is 10.9 Å². The van der Waals surface area contributed by atoms with E-state index >= 15 is 0 Å². The molecule has 4 heteroatoms. The molecule has 1 atom stereocenters. The number of ether oxygens (including phenoxy) is 2. The quantitative estimate of drug-likeness (QED) is 0.410. The van der Waals surface area contributed by atoms with E-state index in [0.717, 1.165) is 23.7 Å². The fraction of sp³-hybridized carbons (Fsp3) is 0.316. The first-order valence-corrected chi connectivity index (χ1v) is 7.80. The van der Waals surface area contributed by atoms with E-state index in [1.807, 2.05) is 28.8 Å². The Bertz CT molecular complexity index is 700. The minimum absolute atomic E-state index is 0.326. The van der Waals surface area contributed by atoms with Crippen LogP contribution in [0.5, 0.6) is 0 Å². The first-order chi connectivity index (χ1) is 11.2. The number of methoxy groups -OCH3 is 1. The van der Waals surface area contributed by atoms with Gasteiger partial charge in [0.2, 0.25) is 0 Å². The van der Waals surface area contributed by atoms with Crippen molar-refractivity contribution in [2.45, 2.75) is 26.0 Å². The lowest BCUT2D eigenvalue weighted by molar-refractivity contribution is 0.0435. The predicted molar refractivity (Wildman–Crippen MR) is 92.5 cm³/mol. The summed E-state index contributed by atoms with van der Waals surface area (Å²) in [5.74, 6) is -0.353. The molecule has 0 radical (unpaired) electrons. The van der Waals surface area contributed by atoms with Crippen molar-refractivity contribution in [3.05, 3.63) is 60.8 Å². The van der Waals surface area contributed by atoms with Crippen molar-refractivity contribution in [1.82, 2.24) is 4.57 Å². The van der Waals surface area contributed by atoms with E-state index in [2.05, 4.69) is 25.7 Å². The average molecular weight is 313 g/mol. The van der Waals surface area contributed by atoms with Crippen LogP contribution < -0.4 is 0 Å². The molecule has 0 aliphatic heterocycles. The summed E-state index contributed by atoms with van der Waals surface area (Å²) in [6.07, 6.45) is 9.27. The van der Waals surface area contributed by atoms with Gasteiger partial charge in [-0.3, -0.25) is 0 Å². The number of esters is 1. The van der Waals surface area contributed by atoms with Crippen molar-refractivity contribution >= 4 is 16.9 Å². The Morgan fingerprint density at radius 2 is 2.13 bits per heavy atom. The molecule has 23 heavy (non-hydrogen) atoms. The molecule has 0 aliphatic carbocycles. The molecule has 1 aromatic heterocycles. The normalized spacial score (nSPS) is 12.6. The second kappa shape index (κ2) is 8.34. The van der Waals surface area contributed by atoms with Gasteiger partial charge in [0.1, 0.15) is 0 Å². The largest absolute Gasteiger partial charge is 0.465 e. The number of nitrogens with zero attached hydrogens (tertiary/aromatic N) is 1. The maximum Gasteiger partial charge on any atom is 0.340 e. The van der Waals surface area contributed by atoms with Crippen molar-refractivity contribution in [2.24, 2.45) is 0 Å². The van der Waals surface area contributed by atoms with Gasteiger partial charge in [-0.25, -0.2) is 4.79 Å². The molecular formula is C19H23NO3. The van der Waals surface area contributed by atoms with Crippen LogP contribution in [0.2, 0.25) is 0 Å². The number of carbonyl (C=O) groups excluding carboxylic acids is 1. The number of fused-ring (bicyclic) bond motifs is 1. The van der Waals surface area contributed by atoms with Crippen LogP contribution >= 0.6 is 0 Å². The SMILES string of the molecule is C=C[C@H](OCC/C=C\CC)n1cc(C(=O)OC)c2ccccc21. The third kappa shape index (κ3) is 3.90. The molecule has 0 unspecified atom stereocenters. The van der Waals surface area contributed by atoms with Crippen LogP contribution in [-0.2, 0) is 9.47 Å². The maximum absolute atomic E-state index is 12.0. The molecular weight excluding hydrogens is 290 g/mol. The van der Waals surface area contributed by atoms with E-state index < -0.39 is 0 Å². The fourth-order valence-electron chi connectivity index (χ4n) is 2.49. The average Bonchev–Trinajstić information content (AvgIpc) is 2.97. The van der Waals surface area contributed by atoms with E-state index in [4.69, 9.17) is 9.47 Å². The predicted octanol–water partition coefficient (Wildman–Crippen LogP) is 4.49. The molecule has 2 rings (SSSR count). The number of rotatable bonds is 8. The molecule has 0 saturated heterocycles. The van der Waals surface area contributed by atoms with E-state index in [9.17, 15) is 4.79 Å². The minimum atomic E-state index is -0.353. The Kier molecular flexibility index (Phi) is 6.18. The molecule has 1 heterocycles. The summed E-state index contributed by atoms with van der Waals surface area (Å²) in [6, 6.07) is 7.70. The van der Waals surface area contributed by atoms with E-state index in [0.29, 0.717) is 12.2 Å². The van der Waals surface area contributed by atoms with Crippen molar-refractivity contribution < 1.29 is 14.3 Å². The topological polar surface area (TPSA) is 40.5 Å². The molecule has 122 valence electrons. The van der Waals surface area contributed by atoms with Crippen LogP contribution in [0.1, 0.15) is 36.4 Å². The number of benzene rings is 1. The van der Waals surface area contributed by atoms with Crippen molar-refractivity contribution in [3.8, 4) is 0 Å². The van der Waals surface area contributed by atoms with Crippen LogP contribution in [0, 0.1) is 0 Å². The van der Waals surface area contributed by atoms with Gasteiger partial charge in [-0.05, 0) is 25.0 Å². The van der Waals surface area contributed by atoms with Crippen LogP contribution in [0.15, 0.2) is 55.3 Å². The molecule has 4 nitrogen and oxygen atoms in total. The van der Waals surface area contributed by atoms with Gasteiger partial charge >= 0.3 is 5.97 Å². The van der Waals surface area contributed by atoms with Gasteiger partial charge in [-0.1, -0.05) is 43.9 Å². The second-order valence-corrected chi connectivity index (χ2v) is 5.12. The highest BCUT2D eigenvalue weighted by Crippen LogP contribution is 2.26. The first-order valence-electron chi connectivity index (χ1n) is 7.80. The second-order valence-electron chi connectivity index (χ2n) is 5.12. The molecule has 2 aromatic rings. The number of hydrogen-bond acceptors (Lipinski definition) is 3. The Morgan fingerprint density at radius 1 is 1.35 bits per heavy atom. The number of carbonyl (C=O) groups is 1. The van der Waals surface area contributed by atoms with E-state index in [1.165, 1.54) is 7.11 Å². The summed E-state index contributed by atoms with van der Waals surface area (Å²) in [6.45, 7) is 6.55. The van der Waals surface area contributed by atoms with Gasteiger partial charge in [0, 0.05) is 11.6 Å². The van der Waals surface area contributed by atoms with Crippen LogP contribution in [0.3, 0.4) is 0 Å². The summed E-state index contributed by atoms with van der Waals surface area (Å²) in [4.78, 5) is 12.0. The smallest absolute Gasteiger partial charge is 0.340 e. The lowest BCUT2D eigenvalue weighted by Crippen LogP contribution is -2.10. The van der Waals surface area contributed by atoms with E-state index in [1.54, 1.807) is 12.3 Å². The van der Waals surface area contributed by atoms with Gasteiger partial charge in [0.15, 0.2) is 6.23 Å². The van der Waals surface area contributed by atoms with Gasteiger partial charge in [-0.15, -0.1) is 0 Å². The summed E-state index contributed by atoms with van der Waals surface area (Å²) in [7, 11) is 1.38. The minimum Gasteiger partial charge on any atom is -0.465 e. The van der Waals surface area contributed by atoms with Crippen LogP contribution in [-0.4, -0.2) is 24.3 Å². The number of para-hydroxylation sites is 1. The lowest BCUT2D eigenvalue weighted by atomic mass is 10.2. The summed E-state index contributed by atoms with van der Waals surface area (Å²) < 4.78 is 12.7. The zero-order chi connectivity index (χ0) is 16.7. The lowest BCUT2D eigenvalue weighted by Gasteiger charge is -2.16. The number of allylic oxidation sites excluding steroid dienone is 1. The zero-order valence-electron chi connectivity index (χ0n) is 13.7. The van der Waals surface area contributed by atoms with E-state index in [-0.39, 0.29) is 12.2 Å². The Balaban J connectivity index is 2.27. The monoisotopic (exact) mass is 313 g/mol. The van der Waals surface area contributed by atoms with Crippen molar-refractivity contribution in [2.75, 3.05) is 13.7 Å². The molecule has 0 saturated carbocycles. The Hall–Kier alpha value is -2.33. The van der Waals surface area contributed by atoms with Gasteiger partial charge in [0.05, 0.1) is 24.8 Å². The molecule has 0 aliphatic rings. The number of hydrogen-bond donors (Lipinski definition) is 0. The third-order valence-corrected chi connectivity index (χ3v) is 3.60. The molecule has 0 fully saturated rings. The van der Waals surface area contributed by atoms with Crippen LogP contribution in [0.4, 0.5) is 0 Å². The molecule has 0 spiro atoms. The molecule has 0 N–H and O–H groups in total. The molecule has 0 bridgehead atoms. The molecule has 0 amide bonds. The standard InChI is InChI=1S/C19H23NO3/c1-4-6-7-10-13-23-18(5-2)20-14-16(19(21)22-3)15-11-8-9-12-17(15)20/h5-9,11-12,14,18H,2,4,10,13H2,1,3H3/b7-6-/t18-/m0/s1. The highest BCUT2D eigenvalue weighted by Gasteiger charge is 2.18. The van der Waals surface area contributed by atoms with Gasteiger partial charge < -0.3 is 14.0 Å². The summed E-state index contributed by atoms with van der Waals surface area (Å²) in [5.41, 5.74) is 1.45. The Labute approximate surface area is 137 Å². The highest BCUT2D eigenvalue weighted by atomic mass is 16.5. The van der Waals surface area contributed by atoms with Crippen molar-refractivity contribution in [1.29, 1.82) is 0 Å². The fourth-order valence-corrected chi connectivity index (χ4v) is 2.49. The van der Waals surface area contributed by atoms with Crippen molar-refractivity contribution in [3.63, 3.8) is 0 Å². The summed E-state index contributed by atoms with van der Waals surface area (Å²) in [5, 5.41) is 0.848. The highest BCUT2D eigenvalue weighted by molar-refractivity contribution is 6.04. The Morgan fingerprint density at radius 3 is 2.83 bits per heavy atom. The maximum atomic E-state index is 12.0. The van der Waals surface area contributed by atoms with Gasteiger partial charge in [-0.2, -0.15) is 0 Å². The first kappa shape index (κ1) is 17.0. The molecule has 1 aromatic carbocycles. The zero-order valence-corrected chi connectivity index (χ0v) is 13.7. The number of aromatic nitrogens is 1. The summed E-state index contributed by atoms with van der Waals surface area (Å²) >= 11 is 0.